The van der Waals surface area contributed by atoms with Gasteiger partial charge in [0.15, 0.2) is 0 Å². The molecule has 1 fully saturated rings. The molecule has 1 aliphatic heterocycles. The number of nitrogens with zero attached hydrogens (tertiary/aromatic N) is 1. The van der Waals surface area contributed by atoms with Crippen LogP contribution in [0.15, 0.2) is 30.3 Å². The molecule has 1 aromatic carbocycles. The van der Waals surface area contributed by atoms with Crippen LogP contribution in [0.3, 0.4) is 0 Å². The van der Waals surface area contributed by atoms with E-state index in [-0.39, 0.29) is 18.1 Å². The Morgan fingerprint density at radius 3 is 2.35 bits per heavy atom. The highest BCUT2D eigenvalue weighted by Gasteiger charge is 2.41. The molecule has 0 saturated carbocycles. The topological polar surface area (TPSA) is 32.3 Å². The molecule has 1 N–H and O–H groups in total. The van der Waals surface area contributed by atoms with Gasteiger partial charge in [0.2, 0.25) is 5.91 Å². The smallest absolute Gasteiger partial charge is 0.245 e. The van der Waals surface area contributed by atoms with Gasteiger partial charge in [-0.1, -0.05) is 57.5 Å². The second-order valence-electron chi connectivity index (χ2n) is 5.53. The van der Waals surface area contributed by atoms with Crippen LogP contribution in [0, 0.1) is 0 Å². The molecule has 0 aromatic heterocycles. The van der Waals surface area contributed by atoms with Gasteiger partial charge in [0.05, 0.1) is 6.17 Å². The van der Waals surface area contributed by atoms with Gasteiger partial charge in [-0.05, 0) is 24.8 Å². The maximum absolute atomic E-state index is 12.8. The minimum Gasteiger partial charge on any atom is -0.323 e. The summed E-state index contributed by atoms with van der Waals surface area (Å²) >= 11 is 0. The third-order valence-corrected chi connectivity index (χ3v) is 4.23. The first-order chi connectivity index (χ1) is 9.72. The number of benzene rings is 1. The van der Waals surface area contributed by atoms with Crippen LogP contribution in [0.25, 0.3) is 0 Å². The molecule has 2 rings (SSSR count). The molecule has 1 aromatic rings. The lowest BCUT2D eigenvalue weighted by Crippen LogP contribution is -2.44. The van der Waals surface area contributed by atoms with Crippen molar-refractivity contribution in [2.24, 2.45) is 0 Å². The van der Waals surface area contributed by atoms with E-state index in [1.165, 1.54) is 0 Å². The zero-order valence-electron chi connectivity index (χ0n) is 12.8. The Balaban J connectivity index is 2.24. The zero-order chi connectivity index (χ0) is 14.5. The first-order valence-corrected chi connectivity index (χ1v) is 7.86. The number of amides is 1. The van der Waals surface area contributed by atoms with Crippen molar-refractivity contribution < 1.29 is 4.79 Å². The van der Waals surface area contributed by atoms with E-state index in [0.717, 1.165) is 31.2 Å². The number of carbonyl (C=O) groups excluding carboxylic acids is 1. The second kappa shape index (κ2) is 6.89. The van der Waals surface area contributed by atoms with Crippen molar-refractivity contribution in [2.45, 2.75) is 64.7 Å². The molecule has 1 aliphatic rings. The van der Waals surface area contributed by atoms with Crippen molar-refractivity contribution in [1.82, 2.24) is 10.2 Å². The average Bonchev–Trinajstić information content (AvgIpc) is 2.80. The summed E-state index contributed by atoms with van der Waals surface area (Å²) in [5, 5.41) is 3.53. The fraction of sp³-hybridized carbons (Fsp3) is 0.588. The quantitative estimate of drug-likeness (QED) is 0.861. The van der Waals surface area contributed by atoms with Crippen LogP contribution >= 0.6 is 0 Å². The van der Waals surface area contributed by atoms with Gasteiger partial charge in [0.25, 0.3) is 0 Å². The van der Waals surface area contributed by atoms with Crippen LogP contribution < -0.4 is 5.32 Å². The van der Waals surface area contributed by atoms with Crippen LogP contribution in [0.5, 0.6) is 0 Å². The molecule has 3 heteroatoms. The highest BCUT2D eigenvalue weighted by Crippen LogP contribution is 2.29. The summed E-state index contributed by atoms with van der Waals surface area (Å²) in [6.45, 7) is 6.51. The molecular weight excluding hydrogens is 248 g/mol. The van der Waals surface area contributed by atoms with Gasteiger partial charge in [-0.25, -0.2) is 0 Å². The molecular formula is C17H26N2O. The Kier molecular flexibility index (Phi) is 5.18. The van der Waals surface area contributed by atoms with E-state index in [4.69, 9.17) is 0 Å². The van der Waals surface area contributed by atoms with Gasteiger partial charge in [-0.3, -0.25) is 10.1 Å². The molecule has 0 radical (unpaired) electrons. The standard InChI is InChI=1S/C17H26N2O/c1-4-10-15-18-16(13-11-8-7-9-12-13)17(20)19(15)14(5-2)6-3/h7-9,11-12,14-16,18H,4-6,10H2,1-3H3. The molecule has 110 valence electrons. The number of hydrogen-bond donors (Lipinski definition) is 1. The maximum atomic E-state index is 12.8. The predicted molar refractivity (Wildman–Crippen MR) is 82.2 cm³/mol. The average molecular weight is 274 g/mol. The van der Waals surface area contributed by atoms with E-state index in [0.29, 0.717) is 6.04 Å². The minimum atomic E-state index is -0.173. The van der Waals surface area contributed by atoms with Crippen LogP contribution in [0.4, 0.5) is 0 Å². The van der Waals surface area contributed by atoms with Crippen LogP contribution in [0.2, 0.25) is 0 Å². The number of rotatable bonds is 6. The molecule has 20 heavy (non-hydrogen) atoms. The first kappa shape index (κ1) is 15.0. The predicted octanol–water partition coefficient (Wildman–Crippen LogP) is 3.47. The second-order valence-corrected chi connectivity index (χ2v) is 5.53. The van der Waals surface area contributed by atoms with Crippen molar-refractivity contribution in [3.05, 3.63) is 35.9 Å². The van der Waals surface area contributed by atoms with Gasteiger partial charge in [-0.15, -0.1) is 0 Å². The molecule has 1 amide bonds. The van der Waals surface area contributed by atoms with Gasteiger partial charge in [-0.2, -0.15) is 0 Å². The summed E-state index contributed by atoms with van der Waals surface area (Å²) in [5.74, 6) is 0.239. The Hall–Kier alpha value is -1.35. The summed E-state index contributed by atoms with van der Waals surface area (Å²) < 4.78 is 0. The van der Waals surface area contributed by atoms with Gasteiger partial charge in [0.1, 0.15) is 6.04 Å². The van der Waals surface area contributed by atoms with Crippen molar-refractivity contribution >= 4 is 5.91 Å². The van der Waals surface area contributed by atoms with Gasteiger partial charge in [0, 0.05) is 6.04 Å². The molecule has 3 nitrogen and oxygen atoms in total. The summed E-state index contributed by atoms with van der Waals surface area (Å²) in [4.78, 5) is 14.9. The fourth-order valence-electron chi connectivity index (χ4n) is 3.14. The Morgan fingerprint density at radius 1 is 1.15 bits per heavy atom. The van der Waals surface area contributed by atoms with Crippen LogP contribution in [-0.2, 0) is 4.79 Å². The fourth-order valence-corrected chi connectivity index (χ4v) is 3.14. The summed E-state index contributed by atoms with van der Waals surface area (Å²) in [6, 6.07) is 10.2. The number of hydrogen-bond acceptors (Lipinski definition) is 2. The van der Waals surface area contributed by atoms with Crippen LogP contribution in [-0.4, -0.2) is 23.0 Å². The summed E-state index contributed by atoms with van der Waals surface area (Å²) in [7, 11) is 0. The van der Waals surface area contributed by atoms with E-state index in [2.05, 4.69) is 31.0 Å². The maximum Gasteiger partial charge on any atom is 0.245 e. The van der Waals surface area contributed by atoms with E-state index in [1.807, 2.05) is 30.3 Å². The molecule has 2 unspecified atom stereocenters. The molecule has 1 heterocycles. The Bertz CT molecular complexity index is 428. The first-order valence-electron chi connectivity index (χ1n) is 7.86. The molecule has 0 aliphatic carbocycles. The Morgan fingerprint density at radius 2 is 1.80 bits per heavy atom. The molecule has 2 atom stereocenters. The minimum absolute atomic E-state index is 0.173. The number of nitrogens with one attached hydrogen (secondary N) is 1. The SMILES string of the molecule is CCCC1NC(c2ccccc2)C(=O)N1C(CC)CC. The zero-order valence-corrected chi connectivity index (χ0v) is 12.8. The highest BCUT2D eigenvalue weighted by molar-refractivity contribution is 5.86. The third-order valence-electron chi connectivity index (χ3n) is 4.23. The lowest BCUT2D eigenvalue weighted by Gasteiger charge is -2.31. The monoisotopic (exact) mass is 274 g/mol. The normalized spacial score (nSPS) is 22.8. The van der Waals surface area contributed by atoms with Crippen molar-refractivity contribution in [2.75, 3.05) is 0 Å². The van der Waals surface area contributed by atoms with Crippen LogP contribution in [0.1, 0.15) is 58.1 Å². The lowest BCUT2D eigenvalue weighted by atomic mass is 10.1. The summed E-state index contributed by atoms with van der Waals surface area (Å²) in [5.41, 5.74) is 1.08. The molecule has 0 spiro atoms. The Labute approximate surface area is 122 Å². The van der Waals surface area contributed by atoms with Crippen molar-refractivity contribution in [3.63, 3.8) is 0 Å². The van der Waals surface area contributed by atoms with Crippen molar-refractivity contribution in [3.8, 4) is 0 Å². The van der Waals surface area contributed by atoms with E-state index < -0.39 is 0 Å². The third kappa shape index (κ3) is 2.88. The lowest BCUT2D eigenvalue weighted by molar-refractivity contribution is -0.132. The highest BCUT2D eigenvalue weighted by atomic mass is 16.2. The molecule has 0 bridgehead atoms. The van der Waals surface area contributed by atoms with E-state index >= 15 is 0 Å². The molecule has 1 saturated heterocycles. The van der Waals surface area contributed by atoms with E-state index in [9.17, 15) is 4.79 Å². The van der Waals surface area contributed by atoms with Gasteiger partial charge < -0.3 is 4.90 Å². The van der Waals surface area contributed by atoms with Crippen molar-refractivity contribution in [1.29, 1.82) is 0 Å². The van der Waals surface area contributed by atoms with E-state index in [1.54, 1.807) is 0 Å². The summed E-state index contributed by atoms with van der Waals surface area (Å²) in [6.07, 6.45) is 4.33. The number of carbonyl (C=O) groups is 1. The van der Waals surface area contributed by atoms with Gasteiger partial charge >= 0.3 is 0 Å². The largest absolute Gasteiger partial charge is 0.323 e.